The summed E-state index contributed by atoms with van der Waals surface area (Å²) in [5, 5.41) is 9.77. The van der Waals surface area contributed by atoms with E-state index in [4.69, 9.17) is 4.74 Å². The summed E-state index contributed by atoms with van der Waals surface area (Å²) in [4.78, 5) is 24.4. The van der Waals surface area contributed by atoms with Gasteiger partial charge in [-0.1, -0.05) is 24.3 Å². The number of aromatic nitrogens is 2. The summed E-state index contributed by atoms with van der Waals surface area (Å²) in [6, 6.07) is 16.4. The van der Waals surface area contributed by atoms with Crippen molar-refractivity contribution in [3.8, 4) is 5.75 Å². The Hall–Kier alpha value is -3.61. The molecule has 1 heterocycles. The van der Waals surface area contributed by atoms with E-state index in [1.807, 2.05) is 41.2 Å². The number of ether oxygens (including phenoxy) is 1. The first-order valence-electron chi connectivity index (χ1n) is 8.93. The summed E-state index contributed by atoms with van der Waals surface area (Å²) in [6.07, 6.45) is 3.78. The van der Waals surface area contributed by atoms with Crippen LogP contribution in [0.5, 0.6) is 5.75 Å². The van der Waals surface area contributed by atoms with E-state index in [9.17, 15) is 9.59 Å². The molecule has 2 aromatic carbocycles. The highest BCUT2D eigenvalue weighted by molar-refractivity contribution is 5.97. The summed E-state index contributed by atoms with van der Waals surface area (Å²) in [6.45, 7) is 0.862. The van der Waals surface area contributed by atoms with Crippen LogP contribution in [0.25, 0.3) is 0 Å². The van der Waals surface area contributed by atoms with E-state index in [2.05, 4.69) is 15.7 Å². The summed E-state index contributed by atoms with van der Waals surface area (Å²) in [5.74, 6) is 0.0569. The Kier molecular flexibility index (Phi) is 6.41. The summed E-state index contributed by atoms with van der Waals surface area (Å²) in [7, 11) is 1.51. The fraction of sp³-hybridized carbons (Fsp3) is 0.190. The molecule has 0 aliphatic heterocycles. The molecule has 2 N–H and O–H groups in total. The third-order valence-corrected chi connectivity index (χ3v) is 4.10. The Balaban J connectivity index is 1.48. The van der Waals surface area contributed by atoms with Crippen LogP contribution in [-0.2, 0) is 11.3 Å². The molecule has 7 nitrogen and oxygen atoms in total. The third kappa shape index (κ3) is 5.20. The highest BCUT2D eigenvalue weighted by atomic mass is 16.5. The van der Waals surface area contributed by atoms with Crippen LogP contribution in [0.2, 0.25) is 0 Å². The number of nitrogens with zero attached hydrogens (tertiary/aromatic N) is 2. The first kappa shape index (κ1) is 19.2. The molecule has 2 amide bonds. The number of methoxy groups -OCH3 is 1. The Morgan fingerprint density at radius 1 is 1.11 bits per heavy atom. The van der Waals surface area contributed by atoms with Crippen molar-refractivity contribution in [3.63, 3.8) is 0 Å². The molecular formula is C21H22N4O3. The molecular weight excluding hydrogens is 356 g/mol. The lowest BCUT2D eigenvalue weighted by Gasteiger charge is -2.10. The van der Waals surface area contributed by atoms with Crippen molar-refractivity contribution >= 4 is 17.5 Å². The molecule has 0 aliphatic carbocycles. The average molecular weight is 378 g/mol. The van der Waals surface area contributed by atoms with Gasteiger partial charge in [0.15, 0.2) is 0 Å². The molecule has 0 radical (unpaired) electrons. The monoisotopic (exact) mass is 378 g/mol. The van der Waals surface area contributed by atoms with Crippen LogP contribution >= 0.6 is 0 Å². The lowest BCUT2D eigenvalue weighted by Crippen LogP contribution is -2.28. The van der Waals surface area contributed by atoms with Crippen LogP contribution in [0.4, 0.5) is 5.69 Å². The van der Waals surface area contributed by atoms with Crippen molar-refractivity contribution in [2.45, 2.75) is 13.0 Å². The number of amides is 2. The second kappa shape index (κ2) is 9.36. The number of para-hydroxylation sites is 1. The van der Waals surface area contributed by atoms with Crippen molar-refractivity contribution in [2.24, 2.45) is 0 Å². The van der Waals surface area contributed by atoms with Gasteiger partial charge in [0.1, 0.15) is 5.75 Å². The molecule has 0 aliphatic rings. The Bertz CT molecular complexity index is 938. The SMILES string of the molecule is COc1ccccc1C(=O)NCCC(=O)Nc1cccc(Cn2cccn2)c1. The van der Waals surface area contributed by atoms with Crippen LogP contribution in [0.3, 0.4) is 0 Å². The second-order valence-corrected chi connectivity index (χ2v) is 6.16. The minimum atomic E-state index is -0.272. The fourth-order valence-corrected chi connectivity index (χ4v) is 2.77. The van der Waals surface area contributed by atoms with Gasteiger partial charge in [0.05, 0.1) is 19.2 Å². The smallest absolute Gasteiger partial charge is 0.255 e. The third-order valence-electron chi connectivity index (χ3n) is 4.10. The number of benzene rings is 2. The zero-order chi connectivity index (χ0) is 19.8. The predicted molar refractivity (Wildman–Crippen MR) is 106 cm³/mol. The van der Waals surface area contributed by atoms with Gasteiger partial charge in [0, 0.05) is 31.0 Å². The molecule has 0 unspecified atom stereocenters. The molecule has 7 heteroatoms. The van der Waals surface area contributed by atoms with Gasteiger partial charge in [0.2, 0.25) is 5.91 Å². The van der Waals surface area contributed by atoms with Crippen LogP contribution in [0.15, 0.2) is 67.0 Å². The van der Waals surface area contributed by atoms with E-state index in [1.54, 1.807) is 30.5 Å². The average Bonchev–Trinajstić information content (AvgIpc) is 3.21. The highest BCUT2D eigenvalue weighted by Gasteiger charge is 2.11. The van der Waals surface area contributed by atoms with Gasteiger partial charge in [-0.15, -0.1) is 0 Å². The number of anilines is 1. The molecule has 0 saturated heterocycles. The van der Waals surface area contributed by atoms with Crippen molar-refractivity contribution in [1.82, 2.24) is 15.1 Å². The summed E-state index contributed by atoms with van der Waals surface area (Å²) in [5.41, 5.74) is 2.19. The number of nitrogens with one attached hydrogen (secondary N) is 2. The molecule has 144 valence electrons. The van der Waals surface area contributed by atoms with Gasteiger partial charge < -0.3 is 15.4 Å². The van der Waals surface area contributed by atoms with Crippen LogP contribution in [0.1, 0.15) is 22.3 Å². The van der Waals surface area contributed by atoms with Gasteiger partial charge in [-0.3, -0.25) is 14.3 Å². The standard InChI is InChI=1S/C21H22N4O3/c1-28-19-9-3-2-8-18(19)21(27)22-12-10-20(26)24-17-7-4-6-16(14-17)15-25-13-5-11-23-25/h2-9,11,13-14H,10,12,15H2,1H3,(H,22,27)(H,24,26). The molecule has 3 aromatic rings. The lowest BCUT2D eigenvalue weighted by molar-refractivity contribution is -0.116. The van der Waals surface area contributed by atoms with E-state index in [-0.39, 0.29) is 24.8 Å². The maximum Gasteiger partial charge on any atom is 0.255 e. The normalized spacial score (nSPS) is 10.3. The van der Waals surface area contributed by atoms with Gasteiger partial charge in [-0.05, 0) is 35.9 Å². The molecule has 0 spiro atoms. The van der Waals surface area contributed by atoms with E-state index in [1.165, 1.54) is 7.11 Å². The first-order valence-corrected chi connectivity index (χ1v) is 8.93. The number of rotatable bonds is 8. The molecule has 0 bridgehead atoms. The first-order chi connectivity index (χ1) is 13.7. The van der Waals surface area contributed by atoms with E-state index < -0.39 is 0 Å². The maximum absolute atomic E-state index is 12.2. The van der Waals surface area contributed by atoms with Crippen molar-refractivity contribution in [2.75, 3.05) is 19.0 Å². The number of hydrogen-bond acceptors (Lipinski definition) is 4. The molecule has 28 heavy (non-hydrogen) atoms. The van der Waals surface area contributed by atoms with Crippen molar-refractivity contribution < 1.29 is 14.3 Å². The highest BCUT2D eigenvalue weighted by Crippen LogP contribution is 2.17. The lowest BCUT2D eigenvalue weighted by atomic mass is 10.2. The minimum Gasteiger partial charge on any atom is -0.496 e. The van der Waals surface area contributed by atoms with Gasteiger partial charge >= 0.3 is 0 Å². The maximum atomic E-state index is 12.2. The Labute approximate surface area is 163 Å². The van der Waals surface area contributed by atoms with Crippen molar-refractivity contribution in [1.29, 1.82) is 0 Å². The molecule has 0 fully saturated rings. The minimum absolute atomic E-state index is 0.170. The predicted octanol–water partition coefficient (Wildman–Crippen LogP) is 2.70. The van der Waals surface area contributed by atoms with E-state index in [0.717, 1.165) is 5.56 Å². The van der Waals surface area contributed by atoms with Crippen LogP contribution in [0, 0.1) is 0 Å². The molecule has 1 aromatic heterocycles. The van der Waals surface area contributed by atoms with Crippen LogP contribution in [-0.4, -0.2) is 35.2 Å². The second-order valence-electron chi connectivity index (χ2n) is 6.16. The topological polar surface area (TPSA) is 85.2 Å². The van der Waals surface area contributed by atoms with Crippen molar-refractivity contribution in [3.05, 3.63) is 78.1 Å². The number of carbonyl (C=O) groups is 2. The Morgan fingerprint density at radius 3 is 2.75 bits per heavy atom. The van der Waals surface area contributed by atoms with Gasteiger partial charge in [-0.2, -0.15) is 5.10 Å². The Morgan fingerprint density at radius 2 is 1.96 bits per heavy atom. The largest absolute Gasteiger partial charge is 0.496 e. The number of hydrogen-bond donors (Lipinski definition) is 2. The zero-order valence-electron chi connectivity index (χ0n) is 15.6. The molecule has 3 rings (SSSR count). The summed E-state index contributed by atoms with van der Waals surface area (Å²) < 4.78 is 6.99. The summed E-state index contributed by atoms with van der Waals surface area (Å²) >= 11 is 0. The van der Waals surface area contributed by atoms with Gasteiger partial charge in [0.25, 0.3) is 5.91 Å². The van der Waals surface area contributed by atoms with Gasteiger partial charge in [-0.25, -0.2) is 0 Å². The van der Waals surface area contributed by atoms with E-state index in [0.29, 0.717) is 23.5 Å². The van der Waals surface area contributed by atoms with E-state index >= 15 is 0 Å². The fourth-order valence-electron chi connectivity index (χ4n) is 2.77. The van der Waals surface area contributed by atoms with Crippen LogP contribution < -0.4 is 15.4 Å². The zero-order valence-corrected chi connectivity index (χ0v) is 15.6. The number of carbonyl (C=O) groups excluding carboxylic acids is 2. The molecule has 0 saturated carbocycles. The quantitative estimate of drug-likeness (QED) is 0.631. The molecule has 0 atom stereocenters.